The van der Waals surface area contributed by atoms with Gasteiger partial charge in [0.1, 0.15) is 12.4 Å². The molecule has 3 aromatic rings. The topological polar surface area (TPSA) is 104 Å². The Kier molecular flexibility index (Phi) is 5.81. The molecule has 0 fully saturated rings. The van der Waals surface area contributed by atoms with Gasteiger partial charge in [0, 0.05) is 5.69 Å². The van der Waals surface area contributed by atoms with Crippen molar-refractivity contribution in [1.29, 1.82) is 0 Å². The molecule has 7 nitrogen and oxygen atoms in total. The highest BCUT2D eigenvalue weighted by Crippen LogP contribution is 2.35. The number of aliphatic hydroxyl groups is 1. The van der Waals surface area contributed by atoms with Crippen LogP contribution in [0.15, 0.2) is 41.2 Å². The third kappa shape index (κ3) is 4.07. The molecule has 0 amide bonds. The first kappa shape index (κ1) is 20.1. The molecule has 0 radical (unpaired) electrons. The molecule has 1 aliphatic rings. The molecule has 1 atom stereocenters. The molecular weight excluding hydrogens is 382 g/mol. The summed E-state index contributed by atoms with van der Waals surface area (Å²) >= 11 is 0. The van der Waals surface area contributed by atoms with E-state index in [2.05, 4.69) is 22.2 Å². The average molecular weight is 407 g/mol. The second-order valence-electron chi connectivity index (χ2n) is 7.54. The number of anilines is 1. The molecule has 0 bridgehead atoms. The zero-order valence-electron chi connectivity index (χ0n) is 16.9. The molecule has 1 aromatic heterocycles. The highest BCUT2D eigenvalue weighted by atomic mass is 16.5. The van der Waals surface area contributed by atoms with Gasteiger partial charge in [-0.05, 0) is 66.8 Å². The molecule has 1 aliphatic carbocycles. The van der Waals surface area contributed by atoms with Crippen LogP contribution < -0.4 is 10.9 Å². The molecule has 156 valence electrons. The molecular formula is C23H25N3O4. The molecule has 1 unspecified atom stereocenters. The minimum absolute atomic E-state index is 0.0728. The monoisotopic (exact) mass is 407 g/mol. The molecule has 0 saturated heterocycles. The number of benzene rings is 2. The second kappa shape index (κ2) is 8.67. The number of hydrogen-bond acceptors (Lipinski definition) is 6. The van der Waals surface area contributed by atoms with Crippen molar-refractivity contribution in [2.45, 2.75) is 45.3 Å². The number of aromatic amines is 1. The quantitative estimate of drug-likeness (QED) is 0.409. The van der Waals surface area contributed by atoms with E-state index in [0.717, 1.165) is 42.5 Å². The normalized spacial score (nSPS) is 15.2. The molecule has 2 aromatic carbocycles. The summed E-state index contributed by atoms with van der Waals surface area (Å²) in [5.41, 5.74) is 4.02. The summed E-state index contributed by atoms with van der Waals surface area (Å²) in [5, 5.41) is 13.3. The third-order valence-corrected chi connectivity index (χ3v) is 5.44. The van der Waals surface area contributed by atoms with Gasteiger partial charge in [0.25, 0.3) is 5.56 Å². The van der Waals surface area contributed by atoms with Crippen LogP contribution >= 0.6 is 0 Å². The zero-order valence-corrected chi connectivity index (χ0v) is 16.9. The van der Waals surface area contributed by atoms with Crippen LogP contribution in [0.3, 0.4) is 0 Å². The number of carbonyl (C=O) groups is 1. The van der Waals surface area contributed by atoms with Gasteiger partial charge in [-0.3, -0.25) is 4.79 Å². The molecule has 4 rings (SSSR count). The molecule has 7 heteroatoms. The van der Waals surface area contributed by atoms with Gasteiger partial charge in [-0.1, -0.05) is 13.3 Å². The summed E-state index contributed by atoms with van der Waals surface area (Å²) in [6.45, 7) is 2.20. The van der Waals surface area contributed by atoms with E-state index in [1.54, 1.807) is 12.1 Å². The third-order valence-electron chi connectivity index (χ3n) is 5.44. The van der Waals surface area contributed by atoms with Crippen molar-refractivity contribution in [3.05, 3.63) is 69.3 Å². The molecule has 0 saturated carbocycles. The fourth-order valence-electron chi connectivity index (χ4n) is 3.81. The van der Waals surface area contributed by atoms with Crippen LogP contribution in [0.1, 0.15) is 59.5 Å². The van der Waals surface area contributed by atoms with Crippen molar-refractivity contribution in [2.24, 2.45) is 0 Å². The van der Waals surface area contributed by atoms with E-state index in [0.29, 0.717) is 23.1 Å². The first-order valence-electron chi connectivity index (χ1n) is 10.3. The van der Waals surface area contributed by atoms with Gasteiger partial charge in [0.15, 0.2) is 0 Å². The van der Waals surface area contributed by atoms with Gasteiger partial charge >= 0.3 is 5.97 Å². The number of H-pyrrole nitrogens is 1. The molecule has 1 heterocycles. The number of nitrogens with zero attached hydrogens (tertiary/aromatic N) is 1. The number of aryl methyl sites for hydroxylation is 1. The Balaban J connectivity index is 1.51. The minimum atomic E-state index is -0.304. The molecule has 3 N–H and O–H groups in total. The number of rotatable bonds is 7. The Morgan fingerprint density at radius 3 is 2.83 bits per heavy atom. The van der Waals surface area contributed by atoms with Gasteiger partial charge in [0.2, 0.25) is 0 Å². The first-order chi connectivity index (χ1) is 14.6. The van der Waals surface area contributed by atoms with Gasteiger partial charge < -0.3 is 20.1 Å². The Labute approximate surface area is 174 Å². The predicted octanol–water partition coefficient (Wildman–Crippen LogP) is 3.47. The van der Waals surface area contributed by atoms with Crippen molar-refractivity contribution in [2.75, 3.05) is 11.9 Å². The molecule has 30 heavy (non-hydrogen) atoms. The van der Waals surface area contributed by atoms with Crippen molar-refractivity contribution < 1.29 is 14.6 Å². The fourth-order valence-corrected chi connectivity index (χ4v) is 3.81. The van der Waals surface area contributed by atoms with E-state index < -0.39 is 0 Å². The standard InChI is InChI=1S/C23H25N3O4/c1-2-3-10-30-23(29)14-4-7-16(8-5-14)24-19-9-6-15-11-20-18(12-17(15)19)22(28)26-21(13-27)25-20/h4-5,7-8,11-12,19,24,27H,2-3,6,9-10,13H2,1H3,(H,25,26,28). The maximum Gasteiger partial charge on any atom is 0.338 e. The second-order valence-corrected chi connectivity index (χ2v) is 7.54. The molecule has 0 aliphatic heterocycles. The van der Waals surface area contributed by atoms with Crippen molar-refractivity contribution in [1.82, 2.24) is 9.97 Å². The summed E-state index contributed by atoms with van der Waals surface area (Å²) in [4.78, 5) is 31.3. The van der Waals surface area contributed by atoms with Crippen LogP contribution in [-0.2, 0) is 17.8 Å². The number of esters is 1. The fraction of sp³-hybridized carbons (Fsp3) is 0.348. The lowest BCUT2D eigenvalue weighted by atomic mass is 10.0. The zero-order chi connectivity index (χ0) is 21.1. The minimum Gasteiger partial charge on any atom is -0.462 e. The Morgan fingerprint density at radius 2 is 2.10 bits per heavy atom. The van der Waals surface area contributed by atoms with Gasteiger partial charge in [-0.2, -0.15) is 0 Å². The number of nitrogens with one attached hydrogen (secondary N) is 2. The van der Waals surface area contributed by atoms with Crippen LogP contribution in [0.4, 0.5) is 5.69 Å². The van der Waals surface area contributed by atoms with Gasteiger partial charge in [-0.15, -0.1) is 0 Å². The van der Waals surface area contributed by atoms with E-state index in [1.165, 1.54) is 0 Å². The maximum atomic E-state index is 12.3. The summed E-state index contributed by atoms with van der Waals surface area (Å²) in [6, 6.07) is 11.2. The van der Waals surface area contributed by atoms with Crippen LogP contribution in [0, 0.1) is 0 Å². The summed E-state index contributed by atoms with van der Waals surface area (Å²) < 4.78 is 5.24. The van der Waals surface area contributed by atoms with Crippen LogP contribution in [0.2, 0.25) is 0 Å². The van der Waals surface area contributed by atoms with Crippen molar-refractivity contribution in [3.8, 4) is 0 Å². The van der Waals surface area contributed by atoms with Crippen LogP contribution in [0.25, 0.3) is 10.9 Å². The lowest BCUT2D eigenvalue weighted by Gasteiger charge is -2.16. The number of aromatic nitrogens is 2. The Morgan fingerprint density at radius 1 is 1.30 bits per heavy atom. The van der Waals surface area contributed by atoms with Crippen molar-refractivity contribution in [3.63, 3.8) is 0 Å². The van der Waals surface area contributed by atoms with Crippen LogP contribution in [0.5, 0.6) is 0 Å². The largest absolute Gasteiger partial charge is 0.462 e. The SMILES string of the molecule is CCCCOC(=O)c1ccc(NC2CCc3cc4nc(CO)[nH]c(=O)c4cc32)cc1. The summed E-state index contributed by atoms with van der Waals surface area (Å²) in [6.07, 6.45) is 3.63. The predicted molar refractivity (Wildman–Crippen MR) is 115 cm³/mol. The number of ether oxygens (including phenoxy) is 1. The smallest absolute Gasteiger partial charge is 0.338 e. The van der Waals surface area contributed by atoms with E-state index in [9.17, 15) is 14.7 Å². The lowest BCUT2D eigenvalue weighted by molar-refractivity contribution is 0.0500. The highest BCUT2D eigenvalue weighted by molar-refractivity contribution is 5.89. The Bertz CT molecular complexity index is 1120. The number of hydrogen-bond donors (Lipinski definition) is 3. The van der Waals surface area contributed by atoms with Gasteiger partial charge in [0.05, 0.1) is 29.1 Å². The van der Waals surface area contributed by atoms with Crippen LogP contribution in [-0.4, -0.2) is 27.7 Å². The molecule has 0 spiro atoms. The maximum absolute atomic E-state index is 12.3. The van der Waals surface area contributed by atoms with E-state index in [-0.39, 0.29) is 30.0 Å². The Hall–Kier alpha value is -3.19. The lowest BCUT2D eigenvalue weighted by Crippen LogP contribution is -2.13. The number of carbonyl (C=O) groups excluding carboxylic acids is 1. The van der Waals surface area contributed by atoms with E-state index in [4.69, 9.17) is 4.74 Å². The average Bonchev–Trinajstić information content (AvgIpc) is 3.14. The number of fused-ring (bicyclic) bond motifs is 2. The highest BCUT2D eigenvalue weighted by Gasteiger charge is 2.24. The van der Waals surface area contributed by atoms with Crippen molar-refractivity contribution >= 4 is 22.6 Å². The van der Waals surface area contributed by atoms with E-state index in [1.807, 2.05) is 24.3 Å². The number of aliphatic hydroxyl groups excluding tert-OH is 1. The summed E-state index contributed by atoms with van der Waals surface area (Å²) in [5.74, 6) is -0.0323. The van der Waals surface area contributed by atoms with Gasteiger partial charge in [-0.25, -0.2) is 9.78 Å². The first-order valence-corrected chi connectivity index (χ1v) is 10.3. The summed E-state index contributed by atoms with van der Waals surface area (Å²) in [7, 11) is 0. The van der Waals surface area contributed by atoms with E-state index >= 15 is 0 Å². The number of unbranched alkanes of at least 4 members (excludes halogenated alkanes) is 1.